The van der Waals surface area contributed by atoms with Crippen molar-refractivity contribution >= 4 is 28.0 Å². The number of fused-ring (bicyclic) bond motifs is 1. The third kappa shape index (κ3) is 3.25. The molecule has 30 heavy (non-hydrogen) atoms. The van der Waals surface area contributed by atoms with Crippen LogP contribution in [0.3, 0.4) is 0 Å². The summed E-state index contributed by atoms with van der Waals surface area (Å²) in [4.78, 5) is 22.9. The molecule has 3 heterocycles. The average Bonchev–Trinajstić information content (AvgIpc) is 3.38. The highest BCUT2D eigenvalue weighted by Crippen LogP contribution is 2.32. The van der Waals surface area contributed by atoms with Gasteiger partial charge < -0.3 is 0 Å². The minimum atomic E-state index is -0.281. The Balaban J connectivity index is 1.47. The quantitative estimate of drug-likeness (QED) is 0.448. The smallest absolute Gasteiger partial charge is 0.262 e. The van der Waals surface area contributed by atoms with E-state index in [1.165, 1.54) is 11.3 Å². The van der Waals surface area contributed by atoms with Gasteiger partial charge in [0, 0.05) is 11.8 Å². The zero-order valence-electron chi connectivity index (χ0n) is 16.1. The highest BCUT2D eigenvalue weighted by molar-refractivity contribution is 7.19. The number of aromatic nitrogens is 4. The predicted molar refractivity (Wildman–Crippen MR) is 119 cm³/mol. The molecule has 0 aliphatic heterocycles. The second-order valence-corrected chi connectivity index (χ2v) is 7.74. The Morgan fingerprint density at radius 1 is 0.967 bits per heavy atom. The summed E-state index contributed by atoms with van der Waals surface area (Å²) in [6, 6.07) is 21.8. The Kier molecular flexibility index (Phi) is 4.57. The molecule has 3 aromatic heterocycles. The SMILES string of the molecule is Cc1nc(NC(=O)c2cnn3c(-c4ccccc4)ccnc23)sc1-c1ccccc1. The zero-order valence-corrected chi connectivity index (χ0v) is 16.9. The first kappa shape index (κ1) is 18.2. The number of benzene rings is 2. The number of aryl methyl sites for hydroxylation is 1. The highest BCUT2D eigenvalue weighted by atomic mass is 32.1. The number of rotatable bonds is 4. The molecule has 0 bridgehead atoms. The molecule has 1 N–H and O–H groups in total. The van der Waals surface area contributed by atoms with E-state index in [0.29, 0.717) is 16.3 Å². The molecule has 0 aliphatic carbocycles. The second-order valence-electron chi connectivity index (χ2n) is 6.74. The Labute approximate surface area is 176 Å². The van der Waals surface area contributed by atoms with Gasteiger partial charge in [-0.25, -0.2) is 14.5 Å². The minimum Gasteiger partial charge on any atom is -0.298 e. The normalized spacial score (nSPS) is 11.0. The summed E-state index contributed by atoms with van der Waals surface area (Å²) in [6.45, 7) is 1.94. The molecular weight excluding hydrogens is 394 g/mol. The molecule has 1 amide bonds. The van der Waals surface area contributed by atoms with E-state index in [-0.39, 0.29) is 5.91 Å². The lowest BCUT2D eigenvalue weighted by Crippen LogP contribution is -2.12. The lowest BCUT2D eigenvalue weighted by atomic mass is 10.1. The van der Waals surface area contributed by atoms with E-state index in [1.54, 1.807) is 16.9 Å². The molecule has 0 spiro atoms. The van der Waals surface area contributed by atoms with Crippen LogP contribution in [0, 0.1) is 6.92 Å². The first-order valence-corrected chi connectivity index (χ1v) is 10.2. The van der Waals surface area contributed by atoms with Crippen LogP contribution in [0.25, 0.3) is 27.3 Å². The Morgan fingerprint density at radius 2 is 1.67 bits per heavy atom. The zero-order chi connectivity index (χ0) is 20.5. The summed E-state index contributed by atoms with van der Waals surface area (Å²) < 4.78 is 1.69. The Bertz CT molecular complexity index is 1340. The number of nitrogens with zero attached hydrogens (tertiary/aromatic N) is 4. The summed E-state index contributed by atoms with van der Waals surface area (Å²) in [5, 5.41) is 7.86. The topological polar surface area (TPSA) is 72.2 Å². The van der Waals surface area contributed by atoms with Gasteiger partial charge in [0.2, 0.25) is 0 Å². The van der Waals surface area contributed by atoms with E-state index in [2.05, 4.69) is 20.4 Å². The van der Waals surface area contributed by atoms with Crippen LogP contribution in [-0.4, -0.2) is 25.5 Å². The predicted octanol–water partition coefficient (Wildman–Crippen LogP) is 5.08. The summed E-state index contributed by atoms with van der Waals surface area (Å²) in [7, 11) is 0. The van der Waals surface area contributed by atoms with Gasteiger partial charge in [-0.15, -0.1) is 0 Å². The van der Waals surface area contributed by atoms with Gasteiger partial charge in [0.05, 0.1) is 22.5 Å². The minimum absolute atomic E-state index is 0.281. The summed E-state index contributed by atoms with van der Waals surface area (Å²) >= 11 is 1.45. The summed E-state index contributed by atoms with van der Waals surface area (Å²) in [5.41, 5.74) is 4.75. The molecule has 0 fully saturated rings. The van der Waals surface area contributed by atoms with Crippen molar-refractivity contribution < 1.29 is 4.79 Å². The van der Waals surface area contributed by atoms with E-state index >= 15 is 0 Å². The van der Waals surface area contributed by atoms with Crippen LogP contribution < -0.4 is 5.32 Å². The molecule has 2 aromatic carbocycles. The van der Waals surface area contributed by atoms with Crippen LogP contribution >= 0.6 is 11.3 Å². The van der Waals surface area contributed by atoms with Crippen LogP contribution in [0.5, 0.6) is 0 Å². The molecular formula is C23H17N5OS. The Hall–Kier alpha value is -3.84. The number of nitrogens with one attached hydrogen (secondary N) is 1. The number of hydrogen-bond acceptors (Lipinski definition) is 5. The average molecular weight is 411 g/mol. The monoisotopic (exact) mass is 411 g/mol. The van der Waals surface area contributed by atoms with Crippen molar-refractivity contribution in [3.8, 4) is 21.7 Å². The van der Waals surface area contributed by atoms with E-state index in [1.807, 2.05) is 73.7 Å². The maximum Gasteiger partial charge on any atom is 0.262 e. The van der Waals surface area contributed by atoms with Gasteiger partial charge in [0.25, 0.3) is 5.91 Å². The van der Waals surface area contributed by atoms with Crippen molar-refractivity contribution in [2.24, 2.45) is 0 Å². The fraction of sp³-hybridized carbons (Fsp3) is 0.0435. The van der Waals surface area contributed by atoms with Gasteiger partial charge in [-0.1, -0.05) is 72.0 Å². The van der Waals surface area contributed by atoms with E-state index in [9.17, 15) is 4.79 Å². The van der Waals surface area contributed by atoms with Gasteiger partial charge in [-0.05, 0) is 18.6 Å². The van der Waals surface area contributed by atoms with E-state index in [4.69, 9.17) is 0 Å². The molecule has 5 aromatic rings. The van der Waals surface area contributed by atoms with Crippen LogP contribution in [-0.2, 0) is 0 Å². The molecule has 0 saturated carbocycles. The van der Waals surface area contributed by atoms with Gasteiger partial charge >= 0.3 is 0 Å². The van der Waals surface area contributed by atoms with Gasteiger partial charge in [-0.2, -0.15) is 5.10 Å². The molecule has 0 saturated heterocycles. The largest absolute Gasteiger partial charge is 0.298 e. The third-order valence-electron chi connectivity index (χ3n) is 4.77. The fourth-order valence-electron chi connectivity index (χ4n) is 3.35. The lowest BCUT2D eigenvalue weighted by Gasteiger charge is -2.05. The molecule has 0 radical (unpaired) electrons. The van der Waals surface area contributed by atoms with E-state index < -0.39 is 0 Å². The molecule has 5 rings (SSSR count). The Morgan fingerprint density at radius 3 is 2.40 bits per heavy atom. The molecule has 0 atom stereocenters. The standard InChI is InChI=1S/C23H17N5OS/c1-15-20(17-10-6-3-7-11-17)30-23(26-15)27-22(29)18-14-25-28-19(12-13-24-21(18)28)16-8-4-2-5-9-16/h2-14H,1H3,(H,26,27,29). The fourth-order valence-corrected chi connectivity index (χ4v) is 4.32. The molecule has 146 valence electrons. The number of carbonyl (C=O) groups is 1. The molecule has 6 nitrogen and oxygen atoms in total. The first-order valence-electron chi connectivity index (χ1n) is 9.43. The van der Waals surface area contributed by atoms with Crippen molar-refractivity contribution in [1.82, 2.24) is 19.6 Å². The van der Waals surface area contributed by atoms with E-state index in [0.717, 1.165) is 27.4 Å². The van der Waals surface area contributed by atoms with Crippen molar-refractivity contribution in [3.05, 3.63) is 90.4 Å². The molecule has 0 unspecified atom stereocenters. The highest BCUT2D eigenvalue weighted by Gasteiger charge is 2.18. The van der Waals surface area contributed by atoms with Gasteiger partial charge in [0.1, 0.15) is 5.56 Å². The summed E-state index contributed by atoms with van der Waals surface area (Å²) in [5.74, 6) is -0.281. The number of amides is 1. The van der Waals surface area contributed by atoms with Crippen molar-refractivity contribution in [1.29, 1.82) is 0 Å². The molecule has 0 aliphatic rings. The maximum atomic E-state index is 13.0. The first-order chi connectivity index (χ1) is 14.7. The number of hydrogen-bond donors (Lipinski definition) is 1. The summed E-state index contributed by atoms with van der Waals surface area (Å²) in [6.07, 6.45) is 3.24. The van der Waals surface area contributed by atoms with Crippen molar-refractivity contribution in [2.45, 2.75) is 6.92 Å². The van der Waals surface area contributed by atoms with Gasteiger partial charge in [-0.3, -0.25) is 10.1 Å². The lowest BCUT2D eigenvalue weighted by molar-refractivity contribution is 0.102. The van der Waals surface area contributed by atoms with Crippen LogP contribution in [0.4, 0.5) is 5.13 Å². The third-order valence-corrected chi connectivity index (χ3v) is 5.89. The van der Waals surface area contributed by atoms with Crippen LogP contribution in [0.2, 0.25) is 0 Å². The number of anilines is 1. The van der Waals surface area contributed by atoms with Crippen LogP contribution in [0.1, 0.15) is 16.1 Å². The van der Waals surface area contributed by atoms with Crippen molar-refractivity contribution in [2.75, 3.05) is 5.32 Å². The molecule has 7 heteroatoms. The maximum absolute atomic E-state index is 13.0. The van der Waals surface area contributed by atoms with Crippen LogP contribution in [0.15, 0.2) is 79.1 Å². The second kappa shape index (κ2) is 7.53. The van der Waals surface area contributed by atoms with Gasteiger partial charge in [0.15, 0.2) is 10.8 Å². The number of thiazole rings is 1. The number of carbonyl (C=O) groups excluding carboxylic acids is 1. The van der Waals surface area contributed by atoms with Crippen molar-refractivity contribution in [3.63, 3.8) is 0 Å².